The molecule has 1 aromatic heterocycles. The van der Waals surface area contributed by atoms with Gasteiger partial charge in [0.2, 0.25) is 5.91 Å². The number of aromatic amines is 1. The minimum absolute atomic E-state index is 0.0749. The van der Waals surface area contributed by atoms with Crippen molar-refractivity contribution in [3.05, 3.63) is 30.0 Å². The van der Waals surface area contributed by atoms with Crippen molar-refractivity contribution in [3.63, 3.8) is 0 Å². The van der Waals surface area contributed by atoms with Crippen LogP contribution < -0.4 is 11.1 Å². The number of benzene rings is 1. The van der Waals surface area contributed by atoms with Crippen molar-refractivity contribution in [1.29, 1.82) is 0 Å². The molecule has 3 rings (SSSR count). The number of carbonyl (C=O) groups is 2. The molecule has 1 fully saturated rings. The zero-order valence-corrected chi connectivity index (χ0v) is 13.1. The Morgan fingerprint density at radius 1 is 1.48 bits per heavy atom. The molecule has 0 radical (unpaired) electrons. The molecule has 0 aliphatic carbocycles. The van der Waals surface area contributed by atoms with Gasteiger partial charge in [0.05, 0.1) is 5.52 Å². The molecule has 2 atom stereocenters. The topological polar surface area (TPSA) is 104 Å². The van der Waals surface area contributed by atoms with Crippen molar-refractivity contribution in [3.8, 4) is 0 Å². The molecule has 7 heteroatoms. The third-order valence-corrected chi connectivity index (χ3v) is 4.33. The largest absolute Gasteiger partial charge is 0.341 e. The number of amides is 2. The average Bonchev–Trinajstić information content (AvgIpc) is 3.20. The molecule has 2 heterocycles. The second kappa shape index (κ2) is 6.37. The van der Waals surface area contributed by atoms with Gasteiger partial charge in [-0.25, -0.2) is 0 Å². The van der Waals surface area contributed by atoms with Crippen LogP contribution in [-0.4, -0.2) is 52.6 Å². The molecule has 2 amide bonds. The summed E-state index contributed by atoms with van der Waals surface area (Å²) in [6, 6.07) is 6.81. The van der Waals surface area contributed by atoms with Gasteiger partial charge in [-0.1, -0.05) is 18.2 Å². The first-order chi connectivity index (χ1) is 11.1. The van der Waals surface area contributed by atoms with Crippen LogP contribution >= 0.6 is 0 Å². The number of nitrogens with zero attached hydrogens (tertiary/aromatic N) is 2. The van der Waals surface area contributed by atoms with E-state index in [2.05, 4.69) is 15.5 Å². The lowest BCUT2D eigenvalue weighted by Gasteiger charge is -2.21. The van der Waals surface area contributed by atoms with Crippen molar-refractivity contribution in [2.45, 2.75) is 19.4 Å². The fraction of sp³-hybridized carbons (Fsp3) is 0.438. The van der Waals surface area contributed by atoms with Crippen LogP contribution in [0.15, 0.2) is 24.3 Å². The van der Waals surface area contributed by atoms with E-state index in [1.165, 1.54) is 0 Å². The number of hydrogen-bond donors (Lipinski definition) is 3. The van der Waals surface area contributed by atoms with Gasteiger partial charge in [-0.2, -0.15) is 5.10 Å². The number of fused-ring (bicyclic) bond motifs is 1. The molecule has 2 aromatic rings. The third-order valence-electron chi connectivity index (χ3n) is 4.33. The number of aromatic nitrogens is 2. The summed E-state index contributed by atoms with van der Waals surface area (Å²) in [6.45, 7) is 3.65. The second-order valence-corrected chi connectivity index (χ2v) is 5.99. The highest BCUT2D eigenvalue weighted by Gasteiger charge is 2.29. The summed E-state index contributed by atoms with van der Waals surface area (Å²) in [7, 11) is 0. The fourth-order valence-corrected chi connectivity index (χ4v) is 2.96. The molecule has 1 aliphatic rings. The van der Waals surface area contributed by atoms with Crippen molar-refractivity contribution in [1.82, 2.24) is 20.4 Å². The van der Waals surface area contributed by atoms with Gasteiger partial charge < -0.3 is 16.0 Å². The lowest BCUT2D eigenvalue weighted by atomic mass is 10.1. The van der Waals surface area contributed by atoms with Crippen LogP contribution in [0.3, 0.4) is 0 Å². The maximum absolute atomic E-state index is 12.4. The summed E-state index contributed by atoms with van der Waals surface area (Å²) < 4.78 is 0. The van der Waals surface area contributed by atoms with E-state index >= 15 is 0 Å². The monoisotopic (exact) mass is 315 g/mol. The Balaban J connectivity index is 1.66. The Kier molecular flexibility index (Phi) is 4.29. The highest BCUT2D eigenvalue weighted by molar-refractivity contribution is 6.05. The summed E-state index contributed by atoms with van der Waals surface area (Å²) in [6.07, 6.45) is 0.924. The SMILES string of the molecule is CC(NC(=O)c1n[nH]c2ccccc12)C(=O)N1CCC(CN)C1. The van der Waals surface area contributed by atoms with Gasteiger partial charge in [-0.15, -0.1) is 0 Å². The predicted octanol–water partition coefficient (Wildman–Crippen LogP) is 0.488. The number of carbonyl (C=O) groups excluding carboxylic acids is 2. The average molecular weight is 315 g/mol. The second-order valence-electron chi connectivity index (χ2n) is 5.99. The van der Waals surface area contributed by atoms with Crippen LogP contribution in [0.25, 0.3) is 10.9 Å². The molecular weight excluding hydrogens is 294 g/mol. The van der Waals surface area contributed by atoms with E-state index in [9.17, 15) is 9.59 Å². The summed E-state index contributed by atoms with van der Waals surface area (Å²) in [4.78, 5) is 26.6. The van der Waals surface area contributed by atoms with E-state index in [4.69, 9.17) is 5.73 Å². The predicted molar refractivity (Wildman–Crippen MR) is 86.8 cm³/mol. The van der Waals surface area contributed by atoms with E-state index in [1.54, 1.807) is 11.8 Å². The number of para-hydroxylation sites is 1. The van der Waals surface area contributed by atoms with E-state index in [1.807, 2.05) is 24.3 Å². The van der Waals surface area contributed by atoms with Crippen molar-refractivity contribution < 1.29 is 9.59 Å². The number of nitrogens with two attached hydrogens (primary N) is 1. The standard InChI is InChI=1S/C16H21N5O2/c1-10(16(23)21-7-6-11(8-17)9-21)18-15(22)14-12-4-2-3-5-13(12)19-20-14/h2-5,10-11H,6-9,17H2,1H3,(H,18,22)(H,19,20). The normalized spacial score (nSPS) is 19.0. The zero-order chi connectivity index (χ0) is 16.4. The Morgan fingerprint density at radius 3 is 3.00 bits per heavy atom. The van der Waals surface area contributed by atoms with Crippen LogP contribution in [0.4, 0.5) is 0 Å². The van der Waals surface area contributed by atoms with Gasteiger partial charge in [0.1, 0.15) is 6.04 Å². The van der Waals surface area contributed by atoms with Crippen molar-refractivity contribution >= 4 is 22.7 Å². The van der Waals surface area contributed by atoms with Crippen molar-refractivity contribution in [2.24, 2.45) is 11.7 Å². The minimum atomic E-state index is -0.588. The Hall–Kier alpha value is -2.41. The van der Waals surface area contributed by atoms with Gasteiger partial charge in [0.15, 0.2) is 5.69 Å². The molecule has 2 unspecified atom stereocenters. The van der Waals surface area contributed by atoms with Crippen LogP contribution in [0.2, 0.25) is 0 Å². The van der Waals surface area contributed by atoms with Crippen LogP contribution in [0.5, 0.6) is 0 Å². The van der Waals surface area contributed by atoms with Crippen molar-refractivity contribution in [2.75, 3.05) is 19.6 Å². The van der Waals surface area contributed by atoms with E-state index in [0.717, 1.165) is 17.3 Å². The zero-order valence-electron chi connectivity index (χ0n) is 13.1. The van der Waals surface area contributed by atoms with Gasteiger partial charge in [0, 0.05) is 18.5 Å². The Labute approximate surface area is 134 Å². The first-order valence-corrected chi connectivity index (χ1v) is 7.83. The lowest BCUT2D eigenvalue weighted by Crippen LogP contribution is -2.46. The summed E-state index contributed by atoms with van der Waals surface area (Å²) in [5.74, 6) is -0.0656. The molecule has 1 saturated heterocycles. The number of nitrogens with one attached hydrogen (secondary N) is 2. The Morgan fingerprint density at radius 2 is 2.26 bits per heavy atom. The van der Waals surface area contributed by atoms with Gasteiger partial charge in [-0.3, -0.25) is 14.7 Å². The van der Waals surface area contributed by atoms with Crippen LogP contribution in [0, 0.1) is 5.92 Å². The molecule has 0 saturated carbocycles. The summed E-state index contributed by atoms with van der Waals surface area (Å²) in [5.41, 5.74) is 6.75. The van der Waals surface area contributed by atoms with E-state index < -0.39 is 6.04 Å². The fourth-order valence-electron chi connectivity index (χ4n) is 2.96. The summed E-state index contributed by atoms with van der Waals surface area (Å²) in [5, 5.41) is 10.4. The molecule has 0 bridgehead atoms. The number of H-pyrrole nitrogens is 1. The molecule has 1 aromatic carbocycles. The Bertz CT molecular complexity index is 726. The molecule has 122 valence electrons. The molecular formula is C16H21N5O2. The molecule has 23 heavy (non-hydrogen) atoms. The first-order valence-electron chi connectivity index (χ1n) is 7.83. The summed E-state index contributed by atoms with van der Waals surface area (Å²) >= 11 is 0. The third kappa shape index (κ3) is 3.05. The first kappa shape index (κ1) is 15.5. The highest BCUT2D eigenvalue weighted by atomic mass is 16.2. The molecule has 1 aliphatic heterocycles. The maximum atomic E-state index is 12.4. The minimum Gasteiger partial charge on any atom is -0.341 e. The van der Waals surface area contributed by atoms with Crippen LogP contribution in [0.1, 0.15) is 23.8 Å². The lowest BCUT2D eigenvalue weighted by molar-refractivity contribution is -0.131. The van der Waals surface area contributed by atoms with Gasteiger partial charge in [-0.05, 0) is 31.9 Å². The smallest absolute Gasteiger partial charge is 0.273 e. The van der Waals surface area contributed by atoms with Gasteiger partial charge >= 0.3 is 0 Å². The maximum Gasteiger partial charge on any atom is 0.273 e. The van der Waals surface area contributed by atoms with E-state index in [-0.39, 0.29) is 11.8 Å². The molecule has 7 nitrogen and oxygen atoms in total. The quantitative estimate of drug-likeness (QED) is 0.763. The highest BCUT2D eigenvalue weighted by Crippen LogP contribution is 2.17. The molecule has 4 N–H and O–H groups in total. The number of rotatable bonds is 4. The number of hydrogen-bond acceptors (Lipinski definition) is 4. The van der Waals surface area contributed by atoms with E-state index in [0.29, 0.717) is 31.2 Å². The molecule has 0 spiro atoms. The van der Waals surface area contributed by atoms with Crippen LogP contribution in [-0.2, 0) is 4.79 Å². The number of likely N-dealkylation sites (tertiary alicyclic amines) is 1. The van der Waals surface area contributed by atoms with Gasteiger partial charge in [0.25, 0.3) is 5.91 Å².